The van der Waals surface area contributed by atoms with Crippen LogP contribution in [0, 0.1) is 0 Å². The smallest absolute Gasteiger partial charge is 0.410 e. The van der Waals surface area contributed by atoms with Crippen LogP contribution in [0.1, 0.15) is 37.1 Å². The van der Waals surface area contributed by atoms with Gasteiger partial charge in [0.15, 0.2) is 0 Å². The van der Waals surface area contributed by atoms with E-state index in [0.29, 0.717) is 25.4 Å². The number of rotatable bonds is 4. The number of carbonyl (C=O) groups is 2. The van der Waals surface area contributed by atoms with E-state index < -0.39 is 11.6 Å². The summed E-state index contributed by atoms with van der Waals surface area (Å²) in [5, 5.41) is 3.26. The molecule has 0 aromatic carbocycles. The van der Waals surface area contributed by atoms with Crippen LogP contribution in [0.2, 0.25) is 0 Å². The van der Waals surface area contributed by atoms with Crippen LogP contribution in [0.3, 0.4) is 0 Å². The molecule has 7 nitrogen and oxygen atoms in total. The van der Waals surface area contributed by atoms with E-state index in [1.54, 1.807) is 17.0 Å². The second-order valence-electron chi connectivity index (χ2n) is 6.22. The molecule has 1 N–H and O–H groups in total. The largest absolute Gasteiger partial charge is 0.463 e. The van der Waals surface area contributed by atoms with Crippen molar-refractivity contribution < 1.29 is 23.5 Å². The first-order valence-electron chi connectivity index (χ1n) is 7.17. The van der Waals surface area contributed by atoms with E-state index in [4.69, 9.17) is 9.15 Å². The van der Waals surface area contributed by atoms with Crippen LogP contribution in [0.15, 0.2) is 16.5 Å². The van der Waals surface area contributed by atoms with Crippen molar-refractivity contribution >= 4 is 12.1 Å². The third-order valence-electron chi connectivity index (χ3n) is 3.15. The molecule has 1 amide bonds. The summed E-state index contributed by atoms with van der Waals surface area (Å²) in [5.41, 5.74) is -0.478. The first-order chi connectivity index (χ1) is 10.3. The molecule has 1 aliphatic heterocycles. The molecule has 1 saturated heterocycles. The summed E-state index contributed by atoms with van der Waals surface area (Å²) in [6, 6.07) is 3.50. The number of nitrogens with one attached hydrogen (secondary N) is 1. The molecule has 2 heterocycles. The Morgan fingerprint density at radius 2 is 2.05 bits per heavy atom. The van der Waals surface area contributed by atoms with Crippen LogP contribution in [0.25, 0.3) is 0 Å². The Kier molecular flexibility index (Phi) is 4.75. The zero-order chi connectivity index (χ0) is 16.3. The minimum absolute atomic E-state index is 0.184. The minimum atomic E-state index is -0.494. The van der Waals surface area contributed by atoms with Crippen molar-refractivity contribution in [2.24, 2.45) is 0 Å². The summed E-state index contributed by atoms with van der Waals surface area (Å²) < 4.78 is 15.2. The maximum Gasteiger partial charge on any atom is 0.410 e. The summed E-state index contributed by atoms with van der Waals surface area (Å²) in [6.45, 7) is 7.21. The number of furan rings is 1. The average Bonchev–Trinajstić information content (AvgIpc) is 2.82. The number of carbonyl (C=O) groups excluding carboxylic acids is 2. The highest BCUT2D eigenvalue weighted by atomic mass is 16.6. The fourth-order valence-corrected chi connectivity index (χ4v) is 2.01. The third kappa shape index (κ3) is 4.24. The lowest BCUT2D eigenvalue weighted by molar-refractivity contribution is 0.00500. The molecule has 1 fully saturated rings. The van der Waals surface area contributed by atoms with Gasteiger partial charge >= 0.3 is 12.1 Å². The molecule has 0 saturated carbocycles. The SMILES string of the molecule is COC(=O)c1ccc(CNC2CN(C(=O)OC(C)(C)C)C2)o1. The molecule has 1 aromatic rings. The number of methoxy groups -OCH3 is 1. The lowest BCUT2D eigenvalue weighted by Crippen LogP contribution is -2.60. The Labute approximate surface area is 129 Å². The topological polar surface area (TPSA) is 81.0 Å². The van der Waals surface area contributed by atoms with Crippen LogP contribution in [0.4, 0.5) is 4.79 Å². The number of esters is 1. The van der Waals surface area contributed by atoms with Gasteiger partial charge in [-0.05, 0) is 32.9 Å². The predicted octanol–water partition coefficient (Wildman–Crippen LogP) is 1.78. The van der Waals surface area contributed by atoms with E-state index in [9.17, 15) is 9.59 Å². The Balaban J connectivity index is 1.71. The van der Waals surface area contributed by atoms with Gasteiger partial charge in [0.1, 0.15) is 11.4 Å². The quantitative estimate of drug-likeness (QED) is 0.854. The van der Waals surface area contributed by atoms with Gasteiger partial charge in [0.2, 0.25) is 5.76 Å². The molecule has 0 unspecified atom stereocenters. The van der Waals surface area contributed by atoms with Crippen molar-refractivity contribution in [3.05, 3.63) is 23.7 Å². The van der Waals surface area contributed by atoms with Gasteiger partial charge in [-0.15, -0.1) is 0 Å². The van der Waals surface area contributed by atoms with Gasteiger partial charge in [0, 0.05) is 19.1 Å². The molecular weight excluding hydrogens is 288 g/mol. The summed E-state index contributed by atoms with van der Waals surface area (Å²) >= 11 is 0. The average molecular weight is 310 g/mol. The Hall–Kier alpha value is -2.02. The molecule has 1 aliphatic rings. The highest BCUT2D eigenvalue weighted by Gasteiger charge is 2.33. The maximum absolute atomic E-state index is 11.8. The van der Waals surface area contributed by atoms with Crippen LogP contribution in [-0.4, -0.2) is 48.8 Å². The number of amides is 1. The summed E-state index contributed by atoms with van der Waals surface area (Å²) in [6.07, 6.45) is -0.295. The zero-order valence-electron chi connectivity index (χ0n) is 13.3. The van der Waals surface area contributed by atoms with Gasteiger partial charge < -0.3 is 24.1 Å². The number of hydrogen-bond donors (Lipinski definition) is 1. The highest BCUT2D eigenvalue weighted by Crippen LogP contribution is 2.16. The molecule has 122 valence electrons. The van der Waals surface area contributed by atoms with Gasteiger partial charge in [0.05, 0.1) is 13.7 Å². The standard InChI is InChI=1S/C15H22N2O5/c1-15(2,3)22-14(19)17-8-10(9-17)16-7-11-5-6-12(21-11)13(18)20-4/h5-6,10,16H,7-9H2,1-4H3. The lowest BCUT2D eigenvalue weighted by Gasteiger charge is -2.40. The van der Waals surface area contributed by atoms with E-state index in [0.717, 1.165) is 0 Å². The van der Waals surface area contributed by atoms with E-state index >= 15 is 0 Å². The molecule has 0 spiro atoms. The zero-order valence-corrected chi connectivity index (χ0v) is 13.3. The molecule has 0 radical (unpaired) electrons. The van der Waals surface area contributed by atoms with E-state index in [1.165, 1.54) is 7.11 Å². The Bertz CT molecular complexity index is 540. The van der Waals surface area contributed by atoms with Gasteiger partial charge in [-0.1, -0.05) is 0 Å². The molecule has 0 bridgehead atoms. The third-order valence-corrected chi connectivity index (χ3v) is 3.15. The monoisotopic (exact) mass is 310 g/mol. The highest BCUT2D eigenvalue weighted by molar-refractivity contribution is 5.86. The lowest BCUT2D eigenvalue weighted by atomic mass is 10.1. The molecular formula is C15H22N2O5. The summed E-state index contributed by atoms with van der Waals surface area (Å²) in [4.78, 5) is 24.7. The molecule has 0 aliphatic carbocycles. The van der Waals surface area contributed by atoms with Crippen molar-refractivity contribution in [2.45, 2.75) is 39.0 Å². The van der Waals surface area contributed by atoms with Gasteiger partial charge in [-0.2, -0.15) is 0 Å². The number of nitrogens with zero attached hydrogens (tertiary/aromatic N) is 1. The van der Waals surface area contributed by atoms with Gasteiger partial charge in [-0.25, -0.2) is 9.59 Å². The first kappa shape index (κ1) is 16.4. The molecule has 22 heavy (non-hydrogen) atoms. The second kappa shape index (κ2) is 6.39. The van der Waals surface area contributed by atoms with Crippen molar-refractivity contribution in [3.63, 3.8) is 0 Å². The number of ether oxygens (including phenoxy) is 2. The van der Waals surface area contributed by atoms with Crippen LogP contribution in [-0.2, 0) is 16.0 Å². The van der Waals surface area contributed by atoms with Crippen LogP contribution in [0.5, 0.6) is 0 Å². The molecule has 0 atom stereocenters. The summed E-state index contributed by atoms with van der Waals surface area (Å²) in [7, 11) is 1.31. The van der Waals surface area contributed by atoms with Crippen molar-refractivity contribution in [2.75, 3.05) is 20.2 Å². The van der Waals surface area contributed by atoms with Gasteiger partial charge in [-0.3, -0.25) is 0 Å². The van der Waals surface area contributed by atoms with Crippen molar-refractivity contribution in [1.29, 1.82) is 0 Å². The van der Waals surface area contributed by atoms with Crippen LogP contribution >= 0.6 is 0 Å². The predicted molar refractivity (Wildman–Crippen MR) is 78.5 cm³/mol. The molecule has 2 rings (SSSR count). The first-order valence-corrected chi connectivity index (χ1v) is 7.17. The molecule has 1 aromatic heterocycles. The number of likely N-dealkylation sites (tertiary alicyclic amines) is 1. The van der Waals surface area contributed by atoms with E-state index in [1.807, 2.05) is 20.8 Å². The Morgan fingerprint density at radius 3 is 2.64 bits per heavy atom. The molecule has 7 heteroatoms. The maximum atomic E-state index is 11.8. The van der Waals surface area contributed by atoms with E-state index in [2.05, 4.69) is 10.1 Å². The van der Waals surface area contributed by atoms with Crippen molar-refractivity contribution in [3.8, 4) is 0 Å². The normalized spacial score (nSPS) is 15.4. The minimum Gasteiger partial charge on any atom is -0.463 e. The van der Waals surface area contributed by atoms with E-state index in [-0.39, 0.29) is 17.9 Å². The van der Waals surface area contributed by atoms with Crippen LogP contribution < -0.4 is 5.32 Å². The second-order valence-corrected chi connectivity index (χ2v) is 6.22. The number of hydrogen-bond acceptors (Lipinski definition) is 6. The van der Waals surface area contributed by atoms with Crippen molar-refractivity contribution in [1.82, 2.24) is 10.2 Å². The Morgan fingerprint density at radius 1 is 1.36 bits per heavy atom. The fourth-order valence-electron chi connectivity index (χ4n) is 2.01. The summed E-state index contributed by atoms with van der Waals surface area (Å²) in [5.74, 6) is 0.338. The fraction of sp³-hybridized carbons (Fsp3) is 0.600. The van der Waals surface area contributed by atoms with Gasteiger partial charge in [0.25, 0.3) is 0 Å².